The molecule has 0 saturated carbocycles. The molecule has 0 fully saturated rings. The maximum atomic E-state index is 5.70. The minimum absolute atomic E-state index is 0.402. The fraction of sp³-hybridized carbons (Fsp3) is 1.00. The molecule has 15 heavy (non-hydrogen) atoms. The maximum absolute atomic E-state index is 5.70. The summed E-state index contributed by atoms with van der Waals surface area (Å²) in [7, 11) is 0. The second-order valence-electron chi connectivity index (χ2n) is 4.95. The number of rotatable bonds is 11. The van der Waals surface area contributed by atoms with Gasteiger partial charge in [-0.2, -0.15) is 0 Å². The third-order valence-corrected chi connectivity index (χ3v) is 3.01. The van der Waals surface area contributed by atoms with Crippen molar-refractivity contribution in [2.24, 2.45) is 5.73 Å². The van der Waals surface area contributed by atoms with E-state index >= 15 is 0 Å². The van der Waals surface area contributed by atoms with E-state index in [1.807, 2.05) is 0 Å². The van der Waals surface area contributed by atoms with Crippen molar-refractivity contribution in [1.29, 1.82) is 0 Å². The van der Waals surface area contributed by atoms with Gasteiger partial charge < -0.3 is 5.73 Å². The second-order valence-corrected chi connectivity index (χ2v) is 4.95. The number of nitrogens with two attached hydrogens (primary N) is 1. The van der Waals surface area contributed by atoms with Gasteiger partial charge in [-0.3, -0.25) is 0 Å². The standard InChI is InChI=1S/C14H31N/c1-3-4-5-6-7-8-9-10-11-12-13-14(2)15/h14H,3-13,15H2,1-2H3/t14-/m0/s1. The van der Waals surface area contributed by atoms with Crippen molar-refractivity contribution in [3.63, 3.8) is 0 Å². The van der Waals surface area contributed by atoms with Gasteiger partial charge in [0.2, 0.25) is 0 Å². The third kappa shape index (κ3) is 14.0. The van der Waals surface area contributed by atoms with Crippen LogP contribution in [0.1, 0.15) is 84.5 Å². The Hall–Kier alpha value is -0.0400. The van der Waals surface area contributed by atoms with Crippen LogP contribution in [0.5, 0.6) is 0 Å². The lowest BCUT2D eigenvalue weighted by Crippen LogP contribution is -2.13. The first kappa shape index (κ1) is 15.0. The minimum atomic E-state index is 0.402. The zero-order chi connectivity index (χ0) is 11.4. The van der Waals surface area contributed by atoms with Crippen molar-refractivity contribution in [3.05, 3.63) is 0 Å². The van der Waals surface area contributed by atoms with Crippen molar-refractivity contribution in [1.82, 2.24) is 0 Å². The molecular formula is C14H31N. The van der Waals surface area contributed by atoms with Crippen LogP contribution in [0.2, 0.25) is 0 Å². The number of hydrogen-bond acceptors (Lipinski definition) is 1. The van der Waals surface area contributed by atoms with Crippen molar-refractivity contribution in [3.8, 4) is 0 Å². The molecule has 1 atom stereocenters. The van der Waals surface area contributed by atoms with Crippen LogP contribution in [0.25, 0.3) is 0 Å². The minimum Gasteiger partial charge on any atom is -0.328 e. The molecule has 0 radical (unpaired) electrons. The first-order chi connectivity index (χ1) is 7.27. The topological polar surface area (TPSA) is 26.0 Å². The third-order valence-electron chi connectivity index (χ3n) is 3.01. The van der Waals surface area contributed by atoms with E-state index in [4.69, 9.17) is 5.73 Å². The van der Waals surface area contributed by atoms with Gasteiger partial charge in [-0.1, -0.05) is 71.1 Å². The average Bonchev–Trinajstić information content (AvgIpc) is 2.20. The largest absolute Gasteiger partial charge is 0.328 e. The van der Waals surface area contributed by atoms with Gasteiger partial charge in [-0.25, -0.2) is 0 Å². The van der Waals surface area contributed by atoms with Gasteiger partial charge >= 0.3 is 0 Å². The monoisotopic (exact) mass is 213 g/mol. The summed E-state index contributed by atoms with van der Waals surface area (Å²) in [5.74, 6) is 0. The van der Waals surface area contributed by atoms with Gasteiger partial charge in [0.15, 0.2) is 0 Å². The Morgan fingerprint density at radius 3 is 1.53 bits per heavy atom. The van der Waals surface area contributed by atoms with Crippen molar-refractivity contribution < 1.29 is 0 Å². The Bertz CT molecular complexity index is 110. The Morgan fingerprint density at radius 1 is 0.733 bits per heavy atom. The Morgan fingerprint density at radius 2 is 1.13 bits per heavy atom. The smallest absolute Gasteiger partial charge is 0.00104 e. The van der Waals surface area contributed by atoms with E-state index in [2.05, 4.69) is 13.8 Å². The van der Waals surface area contributed by atoms with Gasteiger partial charge in [-0.05, 0) is 13.3 Å². The molecule has 0 aliphatic heterocycles. The highest BCUT2D eigenvalue weighted by atomic mass is 14.6. The van der Waals surface area contributed by atoms with E-state index < -0.39 is 0 Å². The normalized spacial score (nSPS) is 13.0. The fourth-order valence-corrected chi connectivity index (χ4v) is 1.95. The Labute approximate surface area is 96.8 Å². The molecule has 2 N–H and O–H groups in total. The van der Waals surface area contributed by atoms with Gasteiger partial charge in [0, 0.05) is 6.04 Å². The van der Waals surface area contributed by atoms with Gasteiger partial charge in [0.1, 0.15) is 0 Å². The molecule has 0 aliphatic rings. The van der Waals surface area contributed by atoms with E-state index in [9.17, 15) is 0 Å². The zero-order valence-electron chi connectivity index (χ0n) is 10.9. The van der Waals surface area contributed by atoms with Crippen molar-refractivity contribution >= 4 is 0 Å². The summed E-state index contributed by atoms with van der Waals surface area (Å²) < 4.78 is 0. The summed E-state index contributed by atoms with van der Waals surface area (Å²) in [5, 5.41) is 0. The summed E-state index contributed by atoms with van der Waals surface area (Å²) in [6.45, 7) is 4.38. The highest BCUT2D eigenvalue weighted by Crippen LogP contribution is 2.11. The number of unbranched alkanes of at least 4 members (excludes halogenated alkanes) is 9. The van der Waals surface area contributed by atoms with Crippen LogP contribution in [0, 0.1) is 0 Å². The van der Waals surface area contributed by atoms with Crippen LogP contribution in [0.15, 0.2) is 0 Å². The molecule has 0 rings (SSSR count). The van der Waals surface area contributed by atoms with E-state index in [0.29, 0.717) is 6.04 Å². The van der Waals surface area contributed by atoms with Crippen LogP contribution in [0.3, 0.4) is 0 Å². The van der Waals surface area contributed by atoms with Gasteiger partial charge in [0.25, 0.3) is 0 Å². The van der Waals surface area contributed by atoms with Crippen LogP contribution in [0.4, 0.5) is 0 Å². The molecule has 0 saturated heterocycles. The molecule has 0 aromatic carbocycles. The lowest BCUT2D eigenvalue weighted by Gasteiger charge is -2.04. The lowest BCUT2D eigenvalue weighted by molar-refractivity contribution is 0.533. The highest BCUT2D eigenvalue weighted by Gasteiger charge is 1.95. The molecule has 0 aromatic rings. The molecule has 0 unspecified atom stereocenters. The molecule has 92 valence electrons. The molecular weight excluding hydrogens is 182 g/mol. The van der Waals surface area contributed by atoms with Crippen LogP contribution >= 0.6 is 0 Å². The van der Waals surface area contributed by atoms with Crippen LogP contribution in [-0.4, -0.2) is 6.04 Å². The summed E-state index contributed by atoms with van der Waals surface area (Å²) >= 11 is 0. The Kier molecular flexibility index (Phi) is 12.0. The molecule has 0 aromatic heterocycles. The molecule has 0 spiro atoms. The van der Waals surface area contributed by atoms with Gasteiger partial charge in [-0.15, -0.1) is 0 Å². The van der Waals surface area contributed by atoms with Crippen molar-refractivity contribution in [2.75, 3.05) is 0 Å². The summed E-state index contributed by atoms with van der Waals surface area (Å²) in [5.41, 5.74) is 5.70. The predicted molar refractivity (Wildman–Crippen MR) is 70.1 cm³/mol. The molecule has 0 amide bonds. The van der Waals surface area contributed by atoms with E-state index in [1.165, 1.54) is 70.6 Å². The molecule has 0 bridgehead atoms. The quantitative estimate of drug-likeness (QED) is 0.497. The summed E-state index contributed by atoms with van der Waals surface area (Å²) in [4.78, 5) is 0. The zero-order valence-corrected chi connectivity index (χ0v) is 10.9. The first-order valence-corrected chi connectivity index (χ1v) is 7.03. The average molecular weight is 213 g/mol. The van der Waals surface area contributed by atoms with E-state index in [-0.39, 0.29) is 0 Å². The van der Waals surface area contributed by atoms with Crippen LogP contribution in [-0.2, 0) is 0 Å². The number of hydrogen-bond donors (Lipinski definition) is 1. The second kappa shape index (κ2) is 12.0. The first-order valence-electron chi connectivity index (χ1n) is 7.03. The maximum Gasteiger partial charge on any atom is 0.00104 e. The molecule has 0 aliphatic carbocycles. The molecule has 0 heterocycles. The SMILES string of the molecule is CCCCCCCCCCCC[C@H](C)N. The summed E-state index contributed by atoms with van der Waals surface area (Å²) in [6.07, 6.45) is 15.3. The van der Waals surface area contributed by atoms with Crippen LogP contribution < -0.4 is 5.73 Å². The molecule has 1 heteroatoms. The van der Waals surface area contributed by atoms with E-state index in [0.717, 1.165) is 0 Å². The fourth-order valence-electron chi connectivity index (χ4n) is 1.95. The highest BCUT2D eigenvalue weighted by molar-refractivity contribution is 4.53. The Balaban J connectivity index is 2.87. The van der Waals surface area contributed by atoms with E-state index in [1.54, 1.807) is 0 Å². The lowest BCUT2D eigenvalue weighted by atomic mass is 10.0. The van der Waals surface area contributed by atoms with Crippen molar-refractivity contribution in [2.45, 2.75) is 90.5 Å². The van der Waals surface area contributed by atoms with Gasteiger partial charge in [0.05, 0.1) is 0 Å². The predicted octanol–water partition coefficient (Wildman–Crippen LogP) is 4.64. The summed E-state index contributed by atoms with van der Waals surface area (Å²) in [6, 6.07) is 0.402. The molecule has 1 nitrogen and oxygen atoms in total.